The van der Waals surface area contributed by atoms with Gasteiger partial charge in [0.2, 0.25) is 0 Å². The summed E-state index contributed by atoms with van der Waals surface area (Å²) in [7, 11) is 1.71. The highest BCUT2D eigenvalue weighted by atomic mass is 32.1. The van der Waals surface area contributed by atoms with E-state index in [2.05, 4.69) is 48.1 Å². The van der Waals surface area contributed by atoms with Crippen molar-refractivity contribution in [1.29, 1.82) is 0 Å². The zero-order valence-electron chi connectivity index (χ0n) is 14.7. The van der Waals surface area contributed by atoms with Crippen LogP contribution in [0.25, 0.3) is 0 Å². The Morgan fingerprint density at radius 1 is 1.21 bits per heavy atom. The summed E-state index contributed by atoms with van der Waals surface area (Å²) in [6.07, 6.45) is 1.02. The van der Waals surface area contributed by atoms with Crippen molar-refractivity contribution in [3.05, 3.63) is 52.2 Å². The molecule has 0 bridgehead atoms. The molecule has 0 saturated heterocycles. The van der Waals surface area contributed by atoms with E-state index in [-0.39, 0.29) is 0 Å². The standard InChI is InChI=1S/C19H27N3OS/c1-4-20-19(21-12-11-16-8-7-13-24-16)22-14-15(2)17-9-5-6-10-18(17)23-3/h5-10,13,15H,4,11-12,14H2,1-3H3,(H2,20,21,22). The van der Waals surface area contributed by atoms with E-state index >= 15 is 0 Å². The smallest absolute Gasteiger partial charge is 0.191 e. The van der Waals surface area contributed by atoms with Crippen molar-refractivity contribution in [1.82, 2.24) is 10.6 Å². The van der Waals surface area contributed by atoms with Crippen LogP contribution in [0.4, 0.5) is 0 Å². The van der Waals surface area contributed by atoms with Gasteiger partial charge in [0.25, 0.3) is 0 Å². The zero-order valence-corrected chi connectivity index (χ0v) is 15.5. The number of rotatable bonds is 8. The van der Waals surface area contributed by atoms with Gasteiger partial charge in [-0.3, -0.25) is 4.99 Å². The molecule has 0 aliphatic rings. The molecule has 1 unspecified atom stereocenters. The maximum atomic E-state index is 5.45. The molecular weight excluding hydrogens is 318 g/mol. The first-order valence-electron chi connectivity index (χ1n) is 8.42. The summed E-state index contributed by atoms with van der Waals surface area (Å²) in [6, 6.07) is 12.4. The van der Waals surface area contributed by atoms with Crippen LogP contribution in [0.3, 0.4) is 0 Å². The third-order valence-electron chi connectivity index (χ3n) is 3.78. The number of benzene rings is 1. The number of nitrogens with one attached hydrogen (secondary N) is 2. The fraction of sp³-hybridized carbons (Fsp3) is 0.421. The monoisotopic (exact) mass is 345 g/mol. The average molecular weight is 346 g/mol. The Morgan fingerprint density at radius 2 is 2.04 bits per heavy atom. The van der Waals surface area contributed by atoms with Crippen molar-refractivity contribution in [3.63, 3.8) is 0 Å². The summed E-state index contributed by atoms with van der Waals surface area (Å²) < 4.78 is 5.45. The molecule has 0 aliphatic carbocycles. The molecule has 0 spiro atoms. The van der Waals surface area contributed by atoms with Gasteiger partial charge < -0.3 is 15.4 Å². The molecular formula is C19H27N3OS. The Labute approximate surface area is 149 Å². The molecule has 2 aromatic rings. The SMILES string of the molecule is CCNC(=NCC(C)c1ccccc1OC)NCCc1cccs1. The number of nitrogens with zero attached hydrogens (tertiary/aromatic N) is 1. The second kappa shape index (κ2) is 9.98. The van der Waals surface area contributed by atoms with E-state index in [0.29, 0.717) is 12.5 Å². The lowest BCUT2D eigenvalue weighted by Gasteiger charge is -2.15. The van der Waals surface area contributed by atoms with Gasteiger partial charge in [0.1, 0.15) is 5.75 Å². The molecule has 5 heteroatoms. The van der Waals surface area contributed by atoms with E-state index < -0.39 is 0 Å². The molecule has 1 aromatic carbocycles. The fourth-order valence-corrected chi connectivity index (χ4v) is 3.21. The largest absolute Gasteiger partial charge is 0.496 e. The Kier molecular flexibility index (Phi) is 7.62. The van der Waals surface area contributed by atoms with Crippen LogP contribution in [0.1, 0.15) is 30.2 Å². The number of hydrogen-bond donors (Lipinski definition) is 2. The van der Waals surface area contributed by atoms with E-state index in [1.165, 1.54) is 10.4 Å². The minimum Gasteiger partial charge on any atom is -0.496 e. The molecule has 1 atom stereocenters. The fourth-order valence-electron chi connectivity index (χ4n) is 2.50. The van der Waals surface area contributed by atoms with Crippen LogP contribution in [-0.4, -0.2) is 32.7 Å². The Morgan fingerprint density at radius 3 is 2.75 bits per heavy atom. The summed E-state index contributed by atoms with van der Waals surface area (Å²) in [5.74, 6) is 2.10. The average Bonchev–Trinajstić information content (AvgIpc) is 3.12. The molecule has 0 amide bonds. The first-order chi connectivity index (χ1) is 11.7. The molecule has 0 saturated carbocycles. The lowest BCUT2D eigenvalue weighted by molar-refractivity contribution is 0.407. The van der Waals surface area contributed by atoms with Gasteiger partial charge in [0, 0.05) is 30.4 Å². The maximum Gasteiger partial charge on any atom is 0.191 e. The van der Waals surface area contributed by atoms with E-state index in [0.717, 1.165) is 31.2 Å². The molecule has 2 rings (SSSR count). The molecule has 0 radical (unpaired) electrons. The second-order valence-corrected chi connectivity index (χ2v) is 6.65. The van der Waals surface area contributed by atoms with Crippen molar-refractivity contribution in [3.8, 4) is 5.75 Å². The van der Waals surface area contributed by atoms with Crippen molar-refractivity contribution in [2.24, 2.45) is 4.99 Å². The van der Waals surface area contributed by atoms with Crippen molar-refractivity contribution < 1.29 is 4.74 Å². The predicted octanol–water partition coefficient (Wildman–Crippen LogP) is 3.66. The topological polar surface area (TPSA) is 45.7 Å². The summed E-state index contributed by atoms with van der Waals surface area (Å²) in [5.41, 5.74) is 1.19. The van der Waals surface area contributed by atoms with Gasteiger partial charge >= 0.3 is 0 Å². The van der Waals surface area contributed by atoms with Gasteiger partial charge in [-0.15, -0.1) is 11.3 Å². The van der Waals surface area contributed by atoms with Gasteiger partial charge in [0.15, 0.2) is 5.96 Å². The summed E-state index contributed by atoms with van der Waals surface area (Å²) >= 11 is 1.79. The molecule has 0 aliphatic heterocycles. The lowest BCUT2D eigenvalue weighted by Crippen LogP contribution is -2.38. The highest BCUT2D eigenvalue weighted by Gasteiger charge is 2.10. The second-order valence-electron chi connectivity index (χ2n) is 5.62. The Hall–Kier alpha value is -2.01. The minimum atomic E-state index is 0.300. The summed E-state index contributed by atoms with van der Waals surface area (Å²) in [5, 5.41) is 8.83. The van der Waals surface area contributed by atoms with E-state index in [9.17, 15) is 0 Å². The molecule has 2 N–H and O–H groups in total. The van der Waals surface area contributed by atoms with E-state index in [1.54, 1.807) is 18.4 Å². The maximum absolute atomic E-state index is 5.45. The van der Waals surface area contributed by atoms with Gasteiger partial charge in [0.05, 0.1) is 7.11 Å². The minimum absolute atomic E-state index is 0.300. The van der Waals surface area contributed by atoms with Crippen LogP contribution in [0.2, 0.25) is 0 Å². The van der Waals surface area contributed by atoms with Gasteiger partial charge in [-0.2, -0.15) is 0 Å². The van der Waals surface area contributed by atoms with Crippen molar-refractivity contribution in [2.75, 3.05) is 26.7 Å². The van der Waals surface area contributed by atoms with E-state index in [4.69, 9.17) is 9.73 Å². The van der Waals surface area contributed by atoms with Crippen molar-refractivity contribution in [2.45, 2.75) is 26.2 Å². The number of hydrogen-bond acceptors (Lipinski definition) is 3. The van der Waals surface area contributed by atoms with Crippen LogP contribution in [-0.2, 0) is 6.42 Å². The normalized spacial score (nSPS) is 12.7. The van der Waals surface area contributed by atoms with Gasteiger partial charge in [-0.25, -0.2) is 0 Å². The summed E-state index contributed by atoms with van der Waals surface area (Å²) in [6.45, 7) is 6.72. The number of aliphatic imine (C=N–C) groups is 1. The molecule has 0 fully saturated rings. The van der Waals surface area contributed by atoms with E-state index in [1.807, 2.05) is 18.2 Å². The zero-order chi connectivity index (χ0) is 17.2. The first kappa shape index (κ1) is 18.3. The molecule has 4 nitrogen and oxygen atoms in total. The molecule has 130 valence electrons. The van der Waals surface area contributed by atoms with Crippen LogP contribution < -0.4 is 15.4 Å². The molecule has 24 heavy (non-hydrogen) atoms. The van der Waals surface area contributed by atoms with Crippen molar-refractivity contribution >= 4 is 17.3 Å². The highest BCUT2D eigenvalue weighted by molar-refractivity contribution is 7.09. The van der Waals surface area contributed by atoms with Gasteiger partial charge in [-0.05, 0) is 36.4 Å². The predicted molar refractivity (Wildman–Crippen MR) is 103 cm³/mol. The quantitative estimate of drug-likeness (QED) is 0.567. The summed E-state index contributed by atoms with van der Waals surface area (Å²) in [4.78, 5) is 6.12. The number of guanidine groups is 1. The Balaban J connectivity index is 1.91. The number of ether oxygens (including phenoxy) is 1. The lowest BCUT2D eigenvalue weighted by atomic mass is 10.0. The Bertz CT molecular complexity index is 625. The van der Waals surface area contributed by atoms with Crippen LogP contribution in [0.5, 0.6) is 5.75 Å². The third-order valence-corrected chi connectivity index (χ3v) is 4.72. The number of thiophene rings is 1. The number of para-hydroxylation sites is 1. The molecule has 1 heterocycles. The molecule has 1 aromatic heterocycles. The third kappa shape index (κ3) is 5.57. The van der Waals surface area contributed by atoms with Crippen LogP contribution >= 0.6 is 11.3 Å². The van der Waals surface area contributed by atoms with Crippen LogP contribution in [0.15, 0.2) is 46.8 Å². The first-order valence-corrected chi connectivity index (χ1v) is 9.30. The van der Waals surface area contributed by atoms with Crippen LogP contribution in [0, 0.1) is 0 Å². The van der Waals surface area contributed by atoms with Gasteiger partial charge in [-0.1, -0.05) is 31.2 Å². The number of methoxy groups -OCH3 is 1. The highest BCUT2D eigenvalue weighted by Crippen LogP contribution is 2.26.